The van der Waals surface area contributed by atoms with E-state index in [0.29, 0.717) is 17.5 Å². The van der Waals surface area contributed by atoms with Crippen molar-refractivity contribution in [3.05, 3.63) is 23.5 Å². The number of aryl methyl sites for hydroxylation is 1. The van der Waals surface area contributed by atoms with Gasteiger partial charge >= 0.3 is 0 Å². The average Bonchev–Trinajstić information content (AvgIpc) is 3.00. The Morgan fingerprint density at radius 2 is 2.21 bits per heavy atom. The number of nitrogens with one attached hydrogen (secondary N) is 2. The van der Waals surface area contributed by atoms with E-state index in [0.717, 1.165) is 23.7 Å². The minimum absolute atomic E-state index is 0.00870. The smallest absolute Gasteiger partial charge is 0.255 e. The largest absolute Gasteiger partial charge is 0.387 e. The minimum Gasteiger partial charge on any atom is -0.387 e. The average molecular weight is 259 g/mol. The Labute approximate surface area is 114 Å². The molecule has 2 aliphatic rings. The zero-order valence-electron chi connectivity index (χ0n) is 11.6. The van der Waals surface area contributed by atoms with E-state index in [9.17, 15) is 4.79 Å². The summed E-state index contributed by atoms with van der Waals surface area (Å²) in [4.78, 5) is 16.6. The van der Waals surface area contributed by atoms with Crippen LogP contribution in [0, 0.1) is 18.8 Å². The van der Waals surface area contributed by atoms with Crippen LogP contribution in [0.1, 0.15) is 41.7 Å². The summed E-state index contributed by atoms with van der Waals surface area (Å²) in [7, 11) is 1.84. The van der Waals surface area contributed by atoms with E-state index >= 15 is 0 Å². The lowest BCUT2D eigenvalue weighted by atomic mass is 9.95. The van der Waals surface area contributed by atoms with E-state index < -0.39 is 0 Å². The molecule has 1 aromatic rings. The van der Waals surface area contributed by atoms with Gasteiger partial charge in [-0.05, 0) is 44.1 Å². The molecule has 19 heavy (non-hydrogen) atoms. The SMILES string of the molecule is CNc1cc(C)ncc1C(=O)NC1CC2CCC1C2. The normalized spacial score (nSPS) is 28.4. The molecule has 3 atom stereocenters. The highest BCUT2D eigenvalue weighted by Crippen LogP contribution is 2.44. The summed E-state index contributed by atoms with van der Waals surface area (Å²) in [5.41, 5.74) is 2.42. The Balaban J connectivity index is 1.73. The van der Waals surface area contributed by atoms with Crippen molar-refractivity contribution >= 4 is 11.6 Å². The van der Waals surface area contributed by atoms with Gasteiger partial charge in [0.05, 0.1) is 11.3 Å². The molecule has 4 heteroatoms. The van der Waals surface area contributed by atoms with Crippen molar-refractivity contribution in [1.82, 2.24) is 10.3 Å². The maximum absolute atomic E-state index is 12.4. The molecule has 0 saturated heterocycles. The third-order valence-electron chi connectivity index (χ3n) is 4.61. The standard InChI is InChI=1S/C15H21N3O/c1-9-5-14(16-2)12(8-17-9)15(19)18-13-7-10-3-4-11(13)6-10/h5,8,10-11,13H,3-4,6-7H2,1-2H3,(H,16,17)(H,18,19). The van der Waals surface area contributed by atoms with Gasteiger partial charge in [-0.2, -0.15) is 0 Å². The number of rotatable bonds is 3. The molecule has 2 bridgehead atoms. The van der Waals surface area contributed by atoms with Crippen LogP contribution in [0.15, 0.2) is 12.3 Å². The lowest BCUT2D eigenvalue weighted by Crippen LogP contribution is -2.38. The summed E-state index contributed by atoms with van der Waals surface area (Å²) in [6.07, 6.45) is 6.76. The molecule has 3 unspecified atom stereocenters. The molecule has 2 fully saturated rings. The van der Waals surface area contributed by atoms with Gasteiger partial charge in [0.1, 0.15) is 0 Å². The van der Waals surface area contributed by atoms with Crippen molar-refractivity contribution in [1.29, 1.82) is 0 Å². The lowest BCUT2D eigenvalue weighted by molar-refractivity contribution is 0.0923. The van der Waals surface area contributed by atoms with Crippen molar-refractivity contribution in [2.45, 2.75) is 38.6 Å². The Hall–Kier alpha value is -1.58. The van der Waals surface area contributed by atoms with E-state index in [1.54, 1.807) is 6.20 Å². The monoisotopic (exact) mass is 259 g/mol. The summed E-state index contributed by atoms with van der Waals surface area (Å²) in [6.45, 7) is 1.93. The second-order valence-corrected chi connectivity index (χ2v) is 5.88. The predicted octanol–water partition coefficient (Wildman–Crippen LogP) is 2.35. The molecular formula is C15H21N3O. The van der Waals surface area contributed by atoms with E-state index in [1.165, 1.54) is 19.3 Å². The Morgan fingerprint density at radius 3 is 2.84 bits per heavy atom. The zero-order valence-corrected chi connectivity index (χ0v) is 11.6. The number of hydrogen-bond acceptors (Lipinski definition) is 3. The van der Waals surface area contributed by atoms with Gasteiger partial charge in [0, 0.05) is 25.0 Å². The fraction of sp³-hybridized carbons (Fsp3) is 0.600. The molecule has 1 aromatic heterocycles. The van der Waals surface area contributed by atoms with E-state index in [-0.39, 0.29) is 5.91 Å². The van der Waals surface area contributed by atoms with Crippen molar-refractivity contribution in [2.24, 2.45) is 11.8 Å². The van der Waals surface area contributed by atoms with Gasteiger partial charge in [-0.3, -0.25) is 9.78 Å². The number of fused-ring (bicyclic) bond motifs is 2. The van der Waals surface area contributed by atoms with Crippen LogP contribution in [-0.4, -0.2) is 24.0 Å². The quantitative estimate of drug-likeness (QED) is 0.876. The summed E-state index contributed by atoms with van der Waals surface area (Å²) >= 11 is 0. The van der Waals surface area contributed by atoms with Crippen LogP contribution >= 0.6 is 0 Å². The van der Waals surface area contributed by atoms with E-state index in [4.69, 9.17) is 0 Å². The Morgan fingerprint density at radius 1 is 1.37 bits per heavy atom. The number of hydrogen-bond donors (Lipinski definition) is 2. The molecule has 2 saturated carbocycles. The third-order valence-corrected chi connectivity index (χ3v) is 4.61. The second kappa shape index (κ2) is 4.83. The third kappa shape index (κ3) is 2.31. The maximum atomic E-state index is 12.4. The van der Waals surface area contributed by atoms with Gasteiger partial charge in [0.25, 0.3) is 5.91 Å². The van der Waals surface area contributed by atoms with Crippen LogP contribution in [0.5, 0.6) is 0 Å². The number of nitrogens with zero attached hydrogens (tertiary/aromatic N) is 1. The van der Waals surface area contributed by atoms with Gasteiger partial charge in [-0.1, -0.05) is 6.42 Å². The molecule has 0 radical (unpaired) electrons. The predicted molar refractivity (Wildman–Crippen MR) is 75.2 cm³/mol. The topological polar surface area (TPSA) is 54.0 Å². The number of pyridine rings is 1. The summed E-state index contributed by atoms with van der Waals surface area (Å²) in [5.74, 6) is 1.55. The van der Waals surface area contributed by atoms with Gasteiger partial charge in [0.15, 0.2) is 0 Å². The first-order chi connectivity index (χ1) is 9.17. The van der Waals surface area contributed by atoms with Crippen LogP contribution in [0.25, 0.3) is 0 Å². The highest BCUT2D eigenvalue weighted by molar-refractivity contribution is 5.99. The number of carbonyl (C=O) groups excluding carboxylic acids is 1. The molecule has 3 rings (SSSR count). The first kappa shape index (κ1) is 12.5. The molecule has 4 nitrogen and oxygen atoms in total. The Kier molecular flexibility index (Phi) is 3.17. The second-order valence-electron chi connectivity index (χ2n) is 5.88. The first-order valence-electron chi connectivity index (χ1n) is 7.12. The minimum atomic E-state index is 0.00870. The first-order valence-corrected chi connectivity index (χ1v) is 7.12. The lowest BCUT2D eigenvalue weighted by Gasteiger charge is -2.23. The van der Waals surface area contributed by atoms with Gasteiger partial charge in [-0.15, -0.1) is 0 Å². The Bertz CT molecular complexity index is 500. The molecule has 2 N–H and O–H groups in total. The summed E-state index contributed by atoms with van der Waals surface area (Å²) in [6, 6.07) is 2.28. The van der Waals surface area contributed by atoms with E-state index in [1.807, 2.05) is 20.0 Å². The molecule has 102 valence electrons. The van der Waals surface area contributed by atoms with Crippen LogP contribution < -0.4 is 10.6 Å². The zero-order chi connectivity index (χ0) is 13.4. The molecule has 1 amide bonds. The molecule has 2 aliphatic carbocycles. The van der Waals surface area contributed by atoms with Crippen LogP contribution in [0.4, 0.5) is 5.69 Å². The molecule has 0 aliphatic heterocycles. The summed E-state index contributed by atoms with van der Waals surface area (Å²) < 4.78 is 0. The van der Waals surface area contributed by atoms with E-state index in [2.05, 4.69) is 15.6 Å². The highest BCUT2D eigenvalue weighted by atomic mass is 16.1. The van der Waals surface area contributed by atoms with Crippen LogP contribution in [0.3, 0.4) is 0 Å². The van der Waals surface area contributed by atoms with Crippen molar-refractivity contribution in [3.63, 3.8) is 0 Å². The number of aromatic nitrogens is 1. The van der Waals surface area contributed by atoms with Crippen molar-refractivity contribution in [2.75, 3.05) is 12.4 Å². The van der Waals surface area contributed by atoms with Gasteiger partial charge in [0.2, 0.25) is 0 Å². The highest BCUT2D eigenvalue weighted by Gasteiger charge is 2.40. The molecular weight excluding hydrogens is 238 g/mol. The van der Waals surface area contributed by atoms with Gasteiger partial charge < -0.3 is 10.6 Å². The number of carbonyl (C=O) groups is 1. The van der Waals surface area contributed by atoms with Crippen LogP contribution in [-0.2, 0) is 0 Å². The number of amides is 1. The summed E-state index contributed by atoms with van der Waals surface area (Å²) in [5, 5.41) is 6.28. The van der Waals surface area contributed by atoms with Gasteiger partial charge in [-0.25, -0.2) is 0 Å². The molecule has 0 aromatic carbocycles. The maximum Gasteiger partial charge on any atom is 0.255 e. The fourth-order valence-corrected chi connectivity index (χ4v) is 3.62. The van der Waals surface area contributed by atoms with Crippen molar-refractivity contribution in [3.8, 4) is 0 Å². The molecule has 1 heterocycles. The number of anilines is 1. The van der Waals surface area contributed by atoms with Crippen molar-refractivity contribution < 1.29 is 4.79 Å². The molecule has 0 spiro atoms. The van der Waals surface area contributed by atoms with Crippen LogP contribution in [0.2, 0.25) is 0 Å². The fourth-order valence-electron chi connectivity index (χ4n) is 3.62.